The molecule has 7 heteroatoms. The minimum atomic E-state index is -0.379. The van der Waals surface area contributed by atoms with Crippen molar-refractivity contribution < 1.29 is 14.0 Å². The number of hydrogen-bond donors (Lipinski definition) is 2. The Labute approximate surface area is 157 Å². The molecule has 0 aliphatic heterocycles. The van der Waals surface area contributed by atoms with Crippen molar-refractivity contribution in [3.8, 4) is 0 Å². The van der Waals surface area contributed by atoms with E-state index >= 15 is 0 Å². The Bertz CT molecular complexity index is 911. The molecule has 2 heterocycles. The van der Waals surface area contributed by atoms with Crippen LogP contribution in [0.5, 0.6) is 0 Å². The van der Waals surface area contributed by atoms with Crippen molar-refractivity contribution in [3.05, 3.63) is 71.4 Å². The highest BCUT2D eigenvalue weighted by atomic mass is 16.3. The predicted octanol–water partition coefficient (Wildman–Crippen LogP) is 3.24. The molecule has 0 radical (unpaired) electrons. The normalized spacial score (nSPS) is 10.6. The zero-order valence-electron chi connectivity index (χ0n) is 15.4. The number of aryl methyl sites for hydroxylation is 2. The highest BCUT2D eigenvalue weighted by Gasteiger charge is 2.19. The largest absolute Gasteiger partial charge is 0.467 e. The van der Waals surface area contributed by atoms with Gasteiger partial charge in [-0.05, 0) is 43.2 Å². The first-order valence-electron chi connectivity index (χ1n) is 8.89. The number of aromatic nitrogens is 2. The van der Waals surface area contributed by atoms with Crippen LogP contribution < -0.4 is 10.6 Å². The second kappa shape index (κ2) is 8.35. The SMILES string of the molecule is CCc1ccc(C(=O)Nc2cn(CC)nc2C(=O)NCc2ccco2)cc1. The van der Waals surface area contributed by atoms with E-state index in [0.29, 0.717) is 23.6 Å². The summed E-state index contributed by atoms with van der Waals surface area (Å²) in [4.78, 5) is 25.0. The Kier molecular flexibility index (Phi) is 5.71. The summed E-state index contributed by atoms with van der Waals surface area (Å²) in [5.41, 5.74) is 2.22. The van der Waals surface area contributed by atoms with Gasteiger partial charge in [0.05, 0.1) is 18.5 Å². The van der Waals surface area contributed by atoms with Crippen LogP contribution >= 0.6 is 0 Å². The van der Waals surface area contributed by atoms with Crippen LogP contribution in [0, 0.1) is 0 Å². The predicted molar refractivity (Wildman–Crippen MR) is 102 cm³/mol. The molecule has 0 saturated carbocycles. The number of carbonyl (C=O) groups is 2. The van der Waals surface area contributed by atoms with Crippen LogP contribution in [0.1, 0.15) is 46.0 Å². The second-order valence-electron chi connectivity index (χ2n) is 6.01. The molecule has 1 aromatic carbocycles. The third kappa shape index (κ3) is 4.44. The number of hydrogen-bond acceptors (Lipinski definition) is 4. The van der Waals surface area contributed by atoms with E-state index < -0.39 is 0 Å². The number of furan rings is 1. The molecule has 0 bridgehead atoms. The lowest BCUT2D eigenvalue weighted by Crippen LogP contribution is -2.25. The van der Waals surface area contributed by atoms with Gasteiger partial charge in [0, 0.05) is 18.3 Å². The molecule has 0 unspecified atom stereocenters. The molecule has 2 amide bonds. The van der Waals surface area contributed by atoms with Crippen LogP contribution in [0.25, 0.3) is 0 Å². The Morgan fingerprint density at radius 3 is 2.52 bits per heavy atom. The van der Waals surface area contributed by atoms with Crippen LogP contribution in [-0.4, -0.2) is 21.6 Å². The molecule has 0 spiro atoms. The monoisotopic (exact) mass is 366 g/mol. The van der Waals surface area contributed by atoms with E-state index in [0.717, 1.165) is 12.0 Å². The van der Waals surface area contributed by atoms with Gasteiger partial charge in [-0.3, -0.25) is 14.3 Å². The van der Waals surface area contributed by atoms with E-state index in [9.17, 15) is 9.59 Å². The third-order valence-corrected chi connectivity index (χ3v) is 4.18. The molecule has 0 aliphatic carbocycles. The molecule has 2 N–H and O–H groups in total. The molecular weight excluding hydrogens is 344 g/mol. The number of nitrogens with one attached hydrogen (secondary N) is 2. The Balaban J connectivity index is 1.74. The summed E-state index contributed by atoms with van der Waals surface area (Å²) in [6, 6.07) is 10.9. The molecule has 140 valence electrons. The van der Waals surface area contributed by atoms with E-state index in [1.165, 1.54) is 0 Å². The van der Waals surface area contributed by atoms with Gasteiger partial charge >= 0.3 is 0 Å². The van der Waals surface area contributed by atoms with Gasteiger partial charge in [-0.25, -0.2) is 0 Å². The number of anilines is 1. The Hall–Kier alpha value is -3.35. The molecule has 7 nitrogen and oxygen atoms in total. The molecule has 0 fully saturated rings. The molecule has 0 atom stereocenters. The molecule has 27 heavy (non-hydrogen) atoms. The van der Waals surface area contributed by atoms with Crippen molar-refractivity contribution in [2.45, 2.75) is 33.4 Å². The van der Waals surface area contributed by atoms with Gasteiger partial charge in [-0.15, -0.1) is 0 Å². The molecule has 2 aromatic heterocycles. The highest BCUT2D eigenvalue weighted by Crippen LogP contribution is 2.16. The molecule has 3 rings (SSSR count). The lowest BCUT2D eigenvalue weighted by atomic mass is 10.1. The fourth-order valence-corrected chi connectivity index (χ4v) is 2.59. The van der Waals surface area contributed by atoms with Gasteiger partial charge in [-0.2, -0.15) is 5.10 Å². The van der Waals surface area contributed by atoms with Crippen molar-refractivity contribution in [2.75, 3.05) is 5.32 Å². The highest BCUT2D eigenvalue weighted by molar-refractivity contribution is 6.08. The van der Waals surface area contributed by atoms with Crippen LogP contribution in [0.4, 0.5) is 5.69 Å². The van der Waals surface area contributed by atoms with Crippen LogP contribution in [0.2, 0.25) is 0 Å². The van der Waals surface area contributed by atoms with Crippen LogP contribution in [0.3, 0.4) is 0 Å². The van der Waals surface area contributed by atoms with Crippen molar-refractivity contribution in [1.82, 2.24) is 15.1 Å². The van der Waals surface area contributed by atoms with Crippen molar-refractivity contribution in [1.29, 1.82) is 0 Å². The lowest BCUT2D eigenvalue weighted by Gasteiger charge is -2.06. The summed E-state index contributed by atoms with van der Waals surface area (Å²) < 4.78 is 6.82. The van der Waals surface area contributed by atoms with Gasteiger partial charge in [0.1, 0.15) is 5.76 Å². The standard InChI is InChI=1S/C20H22N4O3/c1-3-14-7-9-15(10-8-14)19(25)22-17-13-24(4-2)23-18(17)20(26)21-12-16-6-5-11-27-16/h5-11,13H,3-4,12H2,1-2H3,(H,21,26)(H,22,25). The maximum Gasteiger partial charge on any atom is 0.274 e. The minimum Gasteiger partial charge on any atom is -0.467 e. The van der Waals surface area contributed by atoms with Crippen LogP contribution in [0.15, 0.2) is 53.3 Å². The first-order chi connectivity index (χ1) is 13.1. The van der Waals surface area contributed by atoms with E-state index in [1.54, 1.807) is 41.4 Å². The van der Waals surface area contributed by atoms with Gasteiger partial charge in [0.2, 0.25) is 0 Å². The maximum absolute atomic E-state index is 12.5. The number of benzene rings is 1. The van der Waals surface area contributed by atoms with E-state index in [4.69, 9.17) is 4.42 Å². The van der Waals surface area contributed by atoms with Gasteiger partial charge in [0.25, 0.3) is 11.8 Å². The second-order valence-corrected chi connectivity index (χ2v) is 6.01. The summed E-state index contributed by atoms with van der Waals surface area (Å²) >= 11 is 0. The molecular formula is C20H22N4O3. The number of rotatable bonds is 7. The third-order valence-electron chi connectivity index (χ3n) is 4.18. The summed E-state index contributed by atoms with van der Waals surface area (Å²) in [7, 11) is 0. The number of amides is 2. The van der Waals surface area contributed by atoms with E-state index in [-0.39, 0.29) is 24.1 Å². The summed E-state index contributed by atoms with van der Waals surface area (Å²) in [5, 5.41) is 9.80. The summed E-state index contributed by atoms with van der Waals surface area (Å²) in [6.45, 7) is 4.80. The molecule has 0 saturated heterocycles. The van der Waals surface area contributed by atoms with Gasteiger partial charge < -0.3 is 15.1 Å². The van der Waals surface area contributed by atoms with Crippen molar-refractivity contribution in [2.24, 2.45) is 0 Å². The number of carbonyl (C=O) groups excluding carboxylic acids is 2. The fraction of sp³-hybridized carbons (Fsp3) is 0.250. The average Bonchev–Trinajstić information content (AvgIpc) is 3.36. The van der Waals surface area contributed by atoms with Crippen LogP contribution in [-0.2, 0) is 19.5 Å². The zero-order valence-corrected chi connectivity index (χ0v) is 15.4. The zero-order chi connectivity index (χ0) is 19.2. The quantitative estimate of drug-likeness (QED) is 0.672. The van der Waals surface area contributed by atoms with Crippen molar-refractivity contribution in [3.63, 3.8) is 0 Å². The Morgan fingerprint density at radius 2 is 1.89 bits per heavy atom. The first kappa shape index (κ1) is 18.4. The Morgan fingerprint density at radius 1 is 1.11 bits per heavy atom. The van der Waals surface area contributed by atoms with Gasteiger partial charge in [0.15, 0.2) is 5.69 Å². The van der Waals surface area contributed by atoms with Gasteiger partial charge in [-0.1, -0.05) is 19.1 Å². The van der Waals surface area contributed by atoms with E-state index in [2.05, 4.69) is 22.7 Å². The maximum atomic E-state index is 12.5. The summed E-state index contributed by atoms with van der Waals surface area (Å²) in [5.74, 6) is -0.0245. The first-order valence-corrected chi connectivity index (χ1v) is 8.89. The fourth-order valence-electron chi connectivity index (χ4n) is 2.59. The lowest BCUT2D eigenvalue weighted by molar-refractivity contribution is 0.0943. The van der Waals surface area contributed by atoms with Crippen molar-refractivity contribution >= 4 is 17.5 Å². The van der Waals surface area contributed by atoms with E-state index in [1.807, 2.05) is 19.1 Å². The summed E-state index contributed by atoms with van der Waals surface area (Å²) in [6.07, 6.45) is 4.11. The smallest absolute Gasteiger partial charge is 0.274 e. The topological polar surface area (TPSA) is 89.2 Å². The minimum absolute atomic E-state index is 0.168. The number of nitrogens with zero attached hydrogens (tertiary/aromatic N) is 2. The molecule has 3 aromatic rings. The molecule has 0 aliphatic rings. The average molecular weight is 366 g/mol.